The largest absolute Gasteiger partial charge is 0.396 e. The van der Waals surface area contributed by atoms with Crippen LogP contribution in [-0.4, -0.2) is 25.8 Å². The third kappa shape index (κ3) is 2.75. The van der Waals surface area contributed by atoms with Crippen molar-refractivity contribution < 1.29 is 12.8 Å². The van der Waals surface area contributed by atoms with E-state index in [4.69, 9.17) is 12.2 Å². The predicted molar refractivity (Wildman–Crippen MR) is 64.1 cm³/mol. The van der Waals surface area contributed by atoms with Gasteiger partial charge in [0.25, 0.3) is 0 Å². The van der Waals surface area contributed by atoms with Crippen molar-refractivity contribution in [3.05, 3.63) is 24.0 Å². The van der Waals surface area contributed by atoms with E-state index >= 15 is 0 Å². The average Bonchev–Trinajstić information content (AvgIpc) is 2.29. The highest BCUT2D eigenvalue weighted by Crippen LogP contribution is 2.20. The van der Waals surface area contributed by atoms with Gasteiger partial charge in [0.2, 0.25) is 10.0 Å². The van der Waals surface area contributed by atoms with Crippen molar-refractivity contribution in [1.29, 1.82) is 0 Å². The molecule has 2 N–H and O–H groups in total. The number of halogens is 1. The maximum absolute atomic E-state index is 13.0. The zero-order valence-electron chi connectivity index (χ0n) is 9.35. The fourth-order valence-electron chi connectivity index (χ4n) is 1.30. The summed E-state index contributed by atoms with van der Waals surface area (Å²) in [7, 11) is -3.71. The monoisotopic (exact) mass is 256 g/mol. The normalized spacial score (nSPS) is 11.4. The number of benzene rings is 1. The molecule has 0 aliphatic rings. The molecule has 0 atom stereocenters. The molecule has 1 aromatic rings. The predicted octanol–water partition coefficient (Wildman–Crippen LogP) is 1.05. The van der Waals surface area contributed by atoms with Crippen molar-refractivity contribution in [3.63, 3.8) is 0 Å². The van der Waals surface area contributed by atoms with Gasteiger partial charge in [-0.1, -0.05) is 12.8 Å². The Morgan fingerprint density at radius 1 is 1.53 bits per heavy atom. The molecule has 4 nitrogen and oxygen atoms in total. The first-order chi connectivity index (χ1) is 7.93. The number of sulfonamides is 1. The summed E-state index contributed by atoms with van der Waals surface area (Å²) in [4.78, 5) is -0.0616. The van der Waals surface area contributed by atoms with Gasteiger partial charge in [0, 0.05) is 6.54 Å². The van der Waals surface area contributed by atoms with E-state index in [9.17, 15) is 12.8 Å². The molecule has 17 heavy (non-hydrogen) atoms. The third-order valence-corrected chi connectivity index (χ3v) is 4.14. The van der Waals surface area contributed by atoms with Crippen LogP contribution in [0.5, 0.6) is 0 Å². The molecule has 1 rings (SSSR count). The molecular weight excluding hydrogens is 243 g/mol. The molecule has 0 bridgehead atoms. The van der Waals surface area contributed by atoms with Crippen LogP contribution in [0.15, 0.2) is 23.1 Å². The Hall–Kier alpha value is -1.58. The van der Waals surface area contributed by atoms with Crippen LogP contribution in [0, 0.1) is 18.2 Å². The maximum atomic E-state index is 13.0. The summed E-state index contributed by atoms with van der Waals surface area (Å²) < 4.78 is 38.2. The second-order valence-corrected chi connectivity index (χ2v) is 5.26. The Labute approximate surface area is 100 Å². The maximum Gasteiger partial charge on any atom is 0.244 e. The number of nitrogens with zero attached hydrogens (tertiary/aromatic N) is 1. The lowest BCUT2D eigenvalue weighted by molar-refractivity contribution is 0.464. The van der Waals surface area contributed by atoms with Crippen molar-refractivity contribution in [1.82, 2.24) is 4.31 Å². The van der Waals surface area contributed by atoms with E-state index in [1.54, 1.807) is 6.92 Å². The van der Waals surface area contributed by atoms with E-state index in [0.29, 0.717) is 0 Å². The van der Waals surface area contributed by atoms with Crippen molar-refractivity contribution in [2.45, 2.75) is 11.8 Å². The molecule has 0 spiro atoms. The summed E-state index contributed by atoms with van der Waals surface area (Å²) in [5.41, 5.74) is 5.13. The Morgan fingerprint density at radius 2 is 2.18 bits per heavy atom. The van der Waals surface area contributed by atoms with E-state index in [2.05, 4.69) is 5.92 Å². The summed E-state index contributed by atoms with van der Waals surface area (Å²) in [6.45, 7) is 1.88. The Morgan fingerprint density at radius 3 is 2.65 bits per heavy atom. The minimum atomic E-state index is -3.71. The van der Waals surface area contributed by atoms with E-state index < -0.39 is 15.8 Å². The average molecular weight is 256 g/mol. The molecule has 0 amide bonds. The smallest absolute Gasteiger partial charge is 0.244 e. The van der Waals surface area contributed by atoms with Gasteiger partial charge in [-0.05, 0) is 18.2 Å². The van der Waals surface area contributed by atoms with Crippen LogP contribution in [0.1, 0.15) is 6.92 Å². The van der Waals surface area contributed by atoms with Gasteiger partial charge in [0.05, 0.1) is 17.1 Å². The summed E-state index contributed by atoms with van der Waals surface area (Å²) >= 11 is 0. The Balaban J connectivity index is 3.21. The van der Waals surface area contributed by atoms with E-state index in [-0.39, 0.29) is 23.7 Å². The van der Waals surface area contributed by atoms with Gasteiger partial charge in [-0.15, -0.1) is 6.42 Å². The van der Waals surface area contributed by atoms with Gasteiger partial charge in [-0.2, -0.15) is 4.31 Å². The molecule has 0 aliphatic carbocycles. The van der Waals surface area contributed by atoms with Gasteiger partial charge in [-0.25, -0.2) is 12.8 Å². The summed E-state index contributed by atoms with van der Waals surface area (Å²) in [5.74, 6) is 1.61. The lowest BCUT2D eigenvalue weighted by Crippen LogP contribution is -2.31. The summed E-state index contributed by atoms with van der Waals surface area (Å²) in [6, 6.07) is 3.27. The number of nitrogens with two attached hydrogens (primary N) is 1. The third-order valence-electron chi connectivity index (χ3n) is 2.23. The van der Waals surface area contributed by atoms with Gasteiger partial charge in [0.1, 0.15) is 5.82 Å². The van der Waals surface area contributed by atoms with Crippen molar-refractivity contribution in [2.24, 2.45) is 0 Å². The highest BCUT2D eigenvalue weighted by molar-refractivity contribution is 7.89. The van der Waals surface area contributed by atoms with Crippen LogP contribution in [0.25, 0.3) is 0 Å². The van der Waals surface area contributed by atoms with Crippen molar-refractivity contribution >= 4 is 15.7 Å². The number of hydrogen-bond donors (Lipinski definition) is 1. The zero-order chi connectivity index (χ0) is 13.1. The van der Waals surface area contributed by atoms with Crippen LogP contribution in [0.4, 0.5) is 10.1 Å². The van der Waals surface area contributed by atoms with Crippen LogP contribution in [0.3, 0.4) is 0 Å². The van der Waals surface area contributed by atoms with E-state index in [0.717, 1.165) is 16.4 Å². The van der Waals surface area contributed by atoms with Gasteiger partial charge < -0.3 is 5.73 Å². The van der Waals surface area contributed by atoms with Crippen molar-refractivity contribution in [2.75, 3.05) is 18.8 Å². The second kappa shape index (κ2) is 5.17. The second-order valence-electron chi connectivity index (χ2n) is 3.32. The topological polar surface area (TPSA) is 63.4 Å². The van der Waals surface area contributed by atoms with E-state index in [1.165, 1.54) is 6.07 Å². The highest BCUT2D eigenvalue weighted by Gasteiger charge is 2.22. The minimum absolute atomic E-state index is 0.0316. The quantitative estimate of drug-likeness (QED) is 0.647. The molecule has 0 heterocycles. The molecule has 0 radical (unpaired) electrons. The highest BCUT2D eigenvalue weighted by atomic mass is 32.2. The first kappa shape index (κ1) is 13.5. The molecular formula is C11H13FN2O2S. The molecule has 0 unspecified atom stereocenters. The molecule has 0 aromatic heterocycles. The Bertz CT molecular complexity index is 549. The molecule has 1 aromatic carbocycles. The van der Waals surface area contributed by atoms with Gasteiger partial charge >= 0.3 is 0 Å². The first-order valence-corrected chi connectivity index (χ1v) is 6.36. The zero-order valence-corrected chi connectivity index (χ0v) is 10.2. The number of rotatable bonds is 4. The van der Waals surface area contributed by atoms with Crippen LogP contribution in [0.2, 0.25) is 0 Å². The summed E-state index contributed by atoms with van der Waals surface area (Å²) in [5, 5.41) is 0. The SMILES string of the molecule is C#CCN(CC)S(=O)(=O)c1ccc(F)c(N)c1. The Kier molecular flexibility index (Phi) is 4.10. The number of anilines is 1. The van der Waals surface area contributed by atoms with Gasteiger partial charge in [-0.3, -0.25) is 0 Å². The standard InChI is InChI=1S/C11H13FN2O2S/c1-3-7-14(4-2)17(15,16)9-5-6-10(12)11(13)8-9/h1,5-6,8H,4,7,13H2,2H3. The van der Waals surface area contributed by atoms with Crippen LogP contribution in [-0.2, 0) is 10.0 Å². The lowest BCUT2D eigenvalue weighted by Gasteiger charge is -2.18. The fraction of sp³-hybridized carbons (Fsp3) is 0.273. The molecule has 0 aliphatic heterocycles. The minimum Gasteiger partial charge on any atom is -0.396 e. The van der Waals surface area contributed by atoms with Crippen LogP contribution >= 0.6 is 0 Å². The molecule has 6 heteroatoms. The van der Waals surface area contributed by atoms with E-state index in [1.807, 2.05) is 0 Å². The number of hydrogen-bond acceptors (Lipinski definition) is 3. The summed E-state index contributed by atoms with van der Waals surface area (Å²) in [6.07, 6.45) is 5.09. The molecule has 0 fully saturated rings. The number of nitrogen functional groups attached to an aromatic ring is 1. The number of terminal acetylenes is 1. The van der Waals surface area contributed by atoms with Crippen LogP contribution < -0.4 is 5.73 Å². The van der Waals surface area contributed by atoms with Gasteiger partial charge in [0.15, 0.2) is 0 Å². The van der Waals surface area contributed by atoms with Crippen molar-refractivity contribution in [3.8, 4) is 12.3 Å². The molecule has 0 saturated heterocycles. The lowest BCUT2D eigenvalue weighted by atomic mass is 10.3. The fourth-order valence-corrected chi connectivity index (χ4v) is 2.70. The molecule has 0 saturated carbocycles. The molecule has 92 valence electrons. The first-order valence-electron chi connectivity index (χ1n) is 4.92.